The van der Waals surface area contributed by atoms with E-state index in [1.54, 1.807) is 0 Å². The van der Waals surface area contributed by atoms with E-state index in [1.807, 2.05) is 12.1 Å². The largest absolute Gasteiger partial charge is 0.397 e. The van der Waals surface area contributed by atoms with Gasteiger partial charge in [-0.05, 0) is 44.5 Å². The quantitative estimate of drug-likeness (QED) is 0.810. The Kier molecular flexibility index (Phi) is 3.24. The predicted molar refractivity (Wildman–Crippen MR) is 80.0 cm³/mol. The number of nitrogens with two attached hydrogens (primary N) is 1. The molecule has 1 aromatic carbocycles. The van der Waals surface area contributed by atoms with Crippen LogP contribution < -0.4 is 10.6 Å². The molecule has 2 atom stereocenters. The number of rotatable bonds is 1. The lowest BCUT2D eigenvalue weighted by atomic mass is 10.1. The van der Waals surface area contributed by atoms with E-state index in [1.165, 1.54) is 25.1 Å². The molecular weight excluding hydrogens is 290 g/mol. The zero-order chi connectivity index (χ0) is 12.7. The molecule has 4 heteroatoms. The Labute approximate surface area is 117 Å². The van der Waals surface area contributed by atoms with Gasteiger partial charge in [0.2, 0.25) is 0 Å². The first-order valence-corrected chi connectivity index (χ1v) is 7.50. The molecule has 0 aromatic heterocycles. The van der Waals surface area contributed by atoms with Crippen molar-refractivity contribution in [3.63, 3.8) is 0 Å². The molecule has 2 saturated heterocycles. The van der Waals surface area contributed by atoms with Crippen LogP contribution in [0.4, 0.5) is 11.4 Å². The summed E-state index contributed by atoms with van der Waals surface area (Å²) < 4.78 is 1.10. The highest BCUT2D eigenvalue weighted by Gasteiger charge is 2.34. The Morgan fingerprint density at radius 1 is 1.33 bits per heavy atom. The summed E-state index contributed by atoms with van der Waals surface area (Å²) in [4.78, 5) is 5.11. The highest BCUT2D eigenvalue weighted by Crippen LogP contribution is 2.33. The average molecular weight is 310 g/mol. The number of hydrogen-bond donors (Lipinski definition) is 1. The van der Waals surface area contributed by atoms with Crippen molar-refractivity contribution < 1.29 is 0 Å². The van der Waals surface area contributed by atoms with Gasteiger partial charge in [0.15, 0.2) is 0 Å². The third-order valence-corrected chi connectivity index (χ3v) is 4.73. The van der Waals surface area contributed by atoms with Crippen LogP contribution in [0.3, 0.4) is 0 Å². The van der Waals surface area contributed by atoms with Gasteiger partial charge in [-0.15, -0.1) is 0 Å². The molecule has 2 heterocycles. The smallest absolute Gasteiger partial charge is 0.0614 e. The van der Waals surface area contributed by atoms with Gasteiger partial charge in [-0.2, -0.15) is 0 Å². The lowest BCUT2D eigenvalue weighted by molar-refractivity contribution is 0.203. The van der Waals surface area contributed by atoms with E-state index >= 15 is 0 Å². The van der Waals surface area contributed by atoms with E-state index in [4.69, 9.17) is 5.73 Å². The van der Waals surface area contributed by atoms with Gasteiger partial charge >= 0.3 is 0 Å². The molecule has 0 bridgehead atoms. The summed E-state index contributed by atoms with van der Waals surface area (Å²) in [6.07, 6.45) is 2.68. The van der Waals surface area contributed by atoms with Gasteiger partial charge in [0.1, 0.15) is 0 Å². The second-order valence-corrected chi connectivity index (χ2v) is 6.41. The molecule has 2 fully saturated rings. The Morgan fingerprint density at radius 3 is 3.00 bits per heavy atom. The lowest BCUT2D eigenvalue weighted by Crippen LogP contribution is -2.55. The summed E-state index contributed by atoms with van der Waals surface area (Å²) in [5.41, 5.74) is 8.21. The summed E-state index contributed by atoms with van der Waals surface area (Å²) >= 11 is 3.55. The van der Waals surface area contributed by atoms with Crippen LogP contribution in [0.2, 0.25) is 0 Å². The van der Waals surface area contributed by atoms with Gasteiger partial charge in [-0.3, -0.25) is 4.90 Å². The van der Waals surface area contributed by atoms with Crippen molar-refractivity contribution in [2.45, 2.75) is 31.8 Å². The minimum atomic E-state index is 0.538. The summed E-state index contributed by atoms with van der Waals surface area (Å²) in [6, 6.07) is 7.41. The van der Waals surface area contributed by atoms with E-state index in [0.717, 1.165) is 29.3 Å². The summed E-state index contributed by atoms with van der Waals surface area (Å²) in [6.45, 7) is 5.85. The third-order valence-electron chi connectivity index (χ3n) is 4.24. The summed E-state index contributed by atoms with van der Waals surface area (Å²) in [5.74, 6) is 0. The van der Waals surface area contributed by atoms with E-state index < -0.39 is 0 Å². The first-order valence-electron chi connectivity index (χ1n) is 6.71. The minimum Gasteiger partial charge on any atom is -0.397 e. The molecule has 0 saturated carbocycles. The van der Waals surface area contributed by atoms with E-state index in [-0.39, 0.29) is 0 Å². The predicted octanol–water partition coefficient (Wildman–Crippen LogP) is 2.70. The van der Waals surface area contributed by atoms with Crippen LogP contribution in [0.25, 0.3) is 0 Å². The monoisotopic (exact) mass is 309 g/mol. The topological polar surface area (TPSA) is 32.5 Å². The van der Waals surface area contributed by atoms with Crippen molar-refractivity contribution in [3.05, 3.63) is 22.7 Å². The third kappa shape index (κ3) is 2.12. The van der Waals surface area contributed by atoms with Gasteiger partial charge < -0.3 is 10.6 Å². The van der Waals surface area contributed by atoms with Crippen LogP contribution in [-0.4, -0.2) is 36.6 Å². The van der Waals surface area contributed by atoms with Crippen LogP contribution in [0.1, 0.15) is 19.8 Å². The van der Waals surface area contributed by atoms with Crippen LogP contribution >= 0.6 is 15.9 Å². The normalized spacial score (nSPS) is 28.4. The van der Waals surface area contributed by atoms with Crippen molar-refractivity contribution in [1.29, 1.82) is 0 Å². The fourth-order valence-electron chi connectivity index (χ4n) is 3.29. The van der Waals surface area contributed by atoms with Crippen molar-refractivity contribution >= 4 is 27.3 Å². The van der Waals surface area contributed by atoms with E-state index in [0.29, 0.717) is 6.04 Å². The van der Waals surface area contributed by atoms with Crippen molar-refractivity contribution in [2.75, 3.05) is 30.3 Å². The molecule has 2 aliphatic rings. The van der Waals surface area contributed by atoms with E-state index in [9.17, 15) is 0 Å². The molecule has 0 radical (unpaired) electrons. The standard InChI is InChI=1S/C14H20BrN3/c1-10-8-17-6-2-3-12(17)9-18(10)14-7-11(15)4-5-13(14)16/h4-5,7,10,12H,2-3,6,8-9,16H2,1H3. The number of anilines is 2. The molecule has 18 heavy (non-hydrogen) atoms. The Balaban J connectivity index is 1.88. The Hall–Kier alpha value is -0.740. The first-order chi connectivity index (χ1) is 8.65. The summed E-state index contributed by atoms with van der Waals surface area (Å²) in [7, 11) is 0. The maximum absolute atomic E-state index is 6.14. The van der Waals surface area contributed by atoms with Gasteiger partial charge in [0.05, 0.1) is 11.4 Å². The summed E-state index contributed by atoms with van der Waals surface area (Å²) in [5, 5.41) is 0. The SMILES string of the molecule is CC1CN2CCCC2CN1c1cc(Br)ccc1N. The zero-order valence-corrected chi connectivity index (χ0v) is 12.4. The number of piperazine rings is 1. The van der Waals surface area contributed by atoms with Crippen LogP contribution in [0.5, 0.6) is 0 Å². The van der Waals surface area contributed by atoms with Crippen LogP contribution in [-0.2, 0) is 0 Å². The van der Waals surface area contributed by atoms with Crippen LogP contribution in [0, 0.1) is 0 Å². The fraction of sp³-hybridized carbons (Fsp3) is 0.571. The maximum Gasteiger partial charge on any atom is 0.0614 e. The van der Waals surface area contributed by atoms with Gasteiger partial charge in [-0.1, -0.05) is 15.9 Å². The second-order valence-electron chi connectivity index (χ2n) is 5.50. The molecule has 2 aliphatic heterocycles. The van der Waals surface area contributed by atoms with Crippen molar-refractivity contribution in [1.82, 2.24) is 4.90 Å². The second kappa shape index (κ2) is 4.74. The number of fused-ring (bicyclic) bond motifs is 1. The molecule has 1 aromatic rings. The first kappa shape index (κ1) is 12.3. The average Bonchev–Trinajstić information content (AvgIpc) is 2.78. The minimum absolute atomic E-state index is 0.538. The molecular formula is C14H20BrN3. The molecule has 0 amide bonds. The highest BCUT2D eigenvalue weighted by molar-refractivity contribution is 9.10. The van der Waals surface area contributed by atoms with Crippen molar-refractivity contribution in [3.8, 4) is 0 Å². The van der Waals surface area contributed by atoms with Crippen molar-refractivity contribution in [2.24, 2.45) is 0 Å². The molecule has 0 aliphatic carbocycles. The fourth-order valence-corrected chi connectivity index (χ4v) is 3.64. The number of nitrogen functional groups attached to an aromatic ring is 1. The van der Waals surface area contributed by atoms with E-state index in [2.05, 4.69) is 38.7 Å². The van der Waals surface area contributed by atoms with Gasteiger partial charge in [0, 0.05) is 29.6 Å². The van der Waals surface area contributed by atoms with Gasteiger partial charge in [-0.25, -0.2) is 0 Å². The molecule has 3 rings (SSSR count). The number of benzene rings is 1. The van der Waals surface area contributed by atoms with Gasteiger partial charge in [0.25, 0.3) is 0 Å². The Morgan fingerprint density at radius 2 is 2.17 bits per heavy atom. The molecule has 2 unspecified atom stereocenters. The molecule has 2 N–H and O–H groups in total. The zero-order valence-electron chi connectivity index (χ0n) is 10.8. The number of halogens is 1. The lowest BCUT2D eigenvalue weighted by Gasteiger charge is -2.44. The molecule has 3 nitrogen and oxygen atoms in total. The molecule has 0 spiro atoms. The number of hydrogen-bond acceptors (Lipinski definition) is 3. The highest BCUT2D eigenvalue weighted by atomic mass is 79.9. The maximum atomic E-state index is 6.14. The molecule has 98 valence electrons. The van der Waals surface area contributed by atoms with Crippen LogP contribution in [0.15, 0.2) is 22.7 Å². The Bertz CT molecular complexity index is 449. The number of nitrogens with zero attached hydrogens (tertiary/aromatic N) is 2.